The Morgan fingerprint density at radius 2 is 2.05 bits per heavy atom. The first-order valence-electron chi connectivity index (χ1n) is 8.24. The molecule has 0 aromatic heterocycles. The third-order valence-corrected chi connectivity index (χ3v) is 5.19. The lowest BCUT2D eigenvalue weighted by Crippen LogP contribution is -2.42. The fourth-order valence-corrected chi connectivity index (χ4v) is 4.08. The summed E-state index contributed by atoms with van der Waals surface area (Å²) in [5, 5.41) is 12.6. The van der Waals surface area contributed by atoms with Crippen molar-refractivity contribution in [2.24, 2.45) is 11.8 Å². The molecule has 2 fully saturated rings. The van der Waals surface area contributed by atoms with E-state index in [4.69, 9.17) is 0 Å². The SMILES string of the molecule is CNCc1ccc(N2CCC3CCCCC3C2)c(C#N)c1. The number of piperidine rings is 1. The molecule has 0 bridgehead atoms. The second-order valence-corrected chi connectivity index (χ2v) is 6.53. The predicted molar refractivity (Wildman–Crippen MR) is 86.2 cm³/mol. The number of rotatable bonds is 3. The highest BCUT2D eigenvalue weighted by Gasteiger charge is 2.31. The number of anilines is 1. The number of hydrogen-bond acceptors (Lipinski definition) is 3. The Morgan fingerprint density at radius 1 is 1.24 bits per heavy atom. The van der Waals surface area contributed by atoms with Crippen molar-refractivity contribution in [3.8, 4) is 6.07 Å². The van der Waals surface area contributed by atoms with Gasteiger partial charge >= 0.3 is 0 Å². The van der Waals surface area contributed by atoms with Crippen molar-refractivity contribution in [1.29, 1.82) is 5.26 Å². The van der Waals surface area contributed by atoms with Crippen LogP contribution in [0.2, 0.25) is 0 Å². The highest BCUT2D eigenvalue weighted by Crippen LogP contribution is 2.38. The molecule has 3 rings (SSSR count). The van der Waals surface area contributed by atoms with E-state index in [9.17, 15) is 5.26 Å². The molecule has 3 nitrogen and oxygen atoms in total. The zero-order valence-electron chi connectivity index (χ0n) is 12.9. The predicted octanol–water partition coefficient (Wildman–Crippen LogP) is 3.29. The minimum absolute atomic E-state index is 0.819. The van der Waals surface area contributed by atoms with Gasteiger partial charge in [-0.25, -0.2) is 0 Å². The minimum atomic E-state index is 0.819. The zero-order chi connectivity index (χ0) is 14.7. The summed E-state index contributed by atoms with van der Waals surface area (Å²) in [6.45, 7) is 3.08. The first-order valence-corrected chi connectivity index (χ1v) is 8.24. The molecular weight excluding hydrogens is 258 g/mol. The van der Waals surface area contributed by atoms with Gasteiger partial charge < -0.3 is 10.2 Å². The van der Waals surface area contributed by atoms with E-state index >= 15 is 0 Å². The molecule has 2 atom stereocenters. The molecule has 1 aromatic rings. The number of nitrogens with one attached hydrogen (secondary N) is 1. The van der Waals surface area contributed by atoms with E-state index in [-0.39, 0.29) is 0 Å². The van der Waals surface area contributed by atoms with E-state index in [0.29, 0.717) is 0 Å². The van der Waals surface area contributed by atoms with Gasteiger partial charge in [-0.05, 0) is 49.4 Å². The lowest BCUT2D eigenvalue weighted by molar-refractivity contribution is 0.202. The second-order valence-electron chi connectivity index (χ2n) is 6.53. The Kier molecular flexibility index (Phi) is 4.45. The van der Waals surface area contributed by atoms with Crippen LogP contribution in [0.5, 0.6) is 0 Å². The molecule has 1 heterocycles. The fraction of sp³-hybridized carbons (Fsp3) is 0.611. The molecule has 0 amide bonds. The first kappa shape index (κ1) is 14.4. The van der Waals surface area contributed by atoms with E-state index in [1.165, 1.54) is 37.7 Å². The third-order valence-electron chi connectivity index (χ3n) is 5.19. The molecule has 1 N–H and O–H groups in total. The van der Waals surface area contributed by atoms with Gasteiger partial charge in [-0.15, -0.1) is 0 Å². The van der Waals surface area contributed by atoms with E-state index < -0.39 is 0 Å². The summed E-state index contributed by atoms with van der Waals surface area (Å²) in [4.78, 5) is 2.45. The smallest absolute Gasteiger partial charge is 0.101 e. The fourth-order valence-electron chi connectivity index (χ4n) is 4.08. The summed E-state index contributed by atoms with van der Waals surface area (Å²) in [6, 6.07) is 8.73. The summed E-state index contributed by atoms with van der Waals surface area (Å²) in [7, 11) is 1.94. The molecule has 21 heavy (non-hydrogen) atoms. The van der Waals surface area contributed by atoms with E-state index in [2.05, 4.69) is 28.4 Å². The van der Waals surface area contributed by atoms with Gasteiger partial charge in [0.15, 0.2) is 0 Å². The normalized spacial score (nSPS) is 25.2. The number of benzene rings is 1. The van der Waals surface area contributed by atoms with Gasteiger partial charge in [0.05, 0.1) is 11.3 Å². The second kappa shape index (κ2) is 6.49. The average molecular weight is 283 g/mol. The monoisotopic (exact) mass is 283 g/mol. The van der Waals surface area contributed by atoms with Crippen LogP contribution in [0.1, 0.15) is 43.2 Å². The van der Waals surface area contributed by atoms with Gasteiger partial charge in [-0.2, -0.15) is 5.26 Å². The standard InChI is InChI=1S/C18H25N3/c1-20-12-14-6-7-18(17(10-14)11-19)21-9-8-15-4-2-3-5-16(15)13-21/h6-7,10,15-16,20H,2-5,8-9,12-13H2,1H3. The Balaban J connectivity index is 1.78. The summed E-state index contributed by atoms with van der Waals surface area (Å²) in [6.07, 6.45) is 6.91. The third kappa shape index (κ3) is 3.06. The molecule has 3 heteroatoms. The van der Waals surface area contributed by atoms with E-state index in [1.54, 1.807) is 0 Å². The van der Waals surface area contributed by atoms with Crippen LogP contribution >= 0.6 is 0 Å². The van der Waals surface area contributed by atoms with Crippen molar-refractivity contribution in [3.63, 3.8) is 0 Å². The molecule has 112 valence electrons. The summed E-state index contributed by atoms with van der Waals surface area (Å²) >= 11 is 0. The molecule has 1 aliphatic carbocycles. The van der Waals surface area contributed by atoms with Crippen molar-refractivity contribution < 1.29 is 0 Å². The van der Waals surface area contributed by atoms with Crippen LogP contribution in [-0.4, -0.2) is 20.1 Å². The van der Waals surface area contributed by atoms with Crippen LogP contribution in [0.3, 0.4) is 0 Å². The molecule has 0 radical (unpaired) electrons. The lowest BCUT2D eigenvalue weighted by atomic mass is 9.75. The van der Waals surface area contributed by atoms with Gasteiger partial charge in [0.25, 0.3) is 0 Å². The van der Waals surface area contributed by atoms with Crippen LogP contribution in [0.15, 0.2) is 18.2 Å². The molecule has 1 aromatic carbocycles. The number of nitrogens with zero attached hydrogens (tertiary/aromatic N) is 2. The largest absolute Gasteiger partial charge is 0.370 e. The average Bonchev–Trinajstić information content (AvgIpc) is 2.54. The summed E-state index contributed by atoms with van der Waals surface area (Å²) in [5.41, 5.74) is 3.16. The van der Waals surface area contributed by atoms with Crippen LogP contribution in [0.4, 0.5) is 5.69 Å². The van der Waals surface area contributed by atoms with Crippen molar-refractivity contribution in [2.45, 2.75) is 38.6 Å². The van der Waals surface area contributed by atoms with Gasteiger partial charge in [0.1, 0.15) is 6.07 Å². The maximum atomic E-state index is 9.48. The highest BCUT2D eigenvalue weighted by atomic mass is 15.1. The van der Waals surface area contributed by atoms with Crippen LogP contribution < -0.4 is 10.2 Å². The molecule has 2 unspecified atom stereocenters. The molecular formula is C18H25N3. The highest BCUT2D eigenvalue weighted by molar-refractivity contribution is 5.60. The Labute approximate surface area is 128 Å². The van der Waals surface area contributed by atoms with Gasteiger partial charge in [-0.3, -0.25) is 0 Å². The van der Waals surface area contributed by atoms with Crippen LogP contribution in [0, 0.1) is 23.2 Å². The molecule has 1 aliphatic heterocycles. The maximum Gasteiger partial charge on any atom is 0.101 e. The summed E-state index contributed by atoms with van der Waals surface area (Å²) in [5.74, 6) is 1.78. The lowest BCUT2D eigenvalue weighted by Gasteiger charge is -2.42. The molecule has 1 saturated heterocycles. The van der Waals surface area contributed by atoms with E-state index in [1.807, 2.05) is 13.1 Å². The van der Waals surface area contributed by atoms with Crippen molar-refractivity contribution in [2.75, 3.05) is 25.0 Å². The van der Waals surface area contributed by atoms with Gasteiger partial charge in [0, 0.05) is 19.6 Å². The zero-order valence-corrected chi connectivity index (χ0v) is 12.9. The summed E-state index contributed by atoms with van der Waals surface area (Å²) < 4.78 is 0. The topological polar surface area (TPSA) is 39.1 Å². The quantitative estimate of drug-likeness (QED) is 0.925. The van der Waals surface area contributed by atoms with Crippen LogP contribution in [-0.2, 0) is 6.54 Å². The molecule has 2 aliphatic rings. The Morgan fingerprint density at radius 3 is 2.81 bits per heavy atom. The number of fused-ring (bicyclic) bond motifs is 1. The Hall–Kier alpha value is -1.53. The van der Waals surface area contributed by atoms with Gasteiger partial charge in [-0.1, -0.05) is 25.3 Å². The number of nitriles is 1. The van der Waals surface area contributed by atoms with Crippen molar-refractivity contribution in [3.05, 3.63) is 29.3 Å². The first-order chi connectivity index (χ1) is 10.3. The minimum Gasteiger partial charge on any atom is -0.370 e. The number of hydrogen-bond donors (Lipinski definition) is 1. The molecule has 1 saturated carbocycles. The van der Waals surface area contributed by atoms with Crippen molar-refractivity contribution in [1.82, 2.24) is 5.32 Å². The Bertz CT molecular complexity index is 532. The van der Waals surface area contributed by atoms with Gasteiger partial charge in [0.2, 0.25) is 0 Å². The van der Waals surface area contributed by atoms with Crippen LogP contribution in [0.25, 0.3) is 0 Å². The molecule has 0 spiro atoms. The van der Waals surface area contributed by atoms with E-state index in [0.717, 1.165) is 42.7 Å². The maximum absolute atomic E-state index is 9.48. The van der Waals surface area contributed by atoms with Crippen molar-refractivity contribution >= 4 is 5.69 Å².